The van der Waals surface area contributed by atoms with Gasteiger partial charge in [-0.05, 0) is 103 Å². The molecule has 0 aliphatic carbocycles. The summed E-state index contributed by atoms with van der Waals surface area (Å²) in [6.07, 6.45) is 1.94. The Kier molecular flexibility index (Phi) is 10.4. The average molecular weight is 934 g/mol. The molecule has 0 radical (unpaired) electrons. The van der Waals surface area contributed by atoms with Crippen molar-refractivity contribution in [3.8, 4) is 23.0 Å². The molecule has 0 bridgehead atoms. The zero-order valence-corrected chi connectivity index (χ0v) is 43.7. The van der Waals surface area contributed by atoms with E-state index >= 15 is 0 Å². The third-order valence-corrected chi connectivity index (χ3v) is 16.1. The second-order valence-corrected chi connectivity index (χ2v) is 28.3. The molecule has 7 aromatic carbocycles. The molecule has 0 fully saturated rings. The molecular formula is C63H63N5OSi+2. The molecule has 0 saturated carbocycles. The predicted octanol–water partition coefficient (Wildman–Crippen LogP) is 16.4. The van der Waals surface area contributed by atoms with Gasteiger partial charge in [-0.15, -0.1) is 0 Å². The summed E-state index contributed by atoms with van der Waals surface area (Å²) in [6.45, 7) is 27.9. The van der Waals surface area contributed by atoms with Gasteiger partial charge in [0.15, 0.2) is 0 Å². The topological polar surface area (TPSA) is 38.0 Å². The third kappa shape index (κ3) is 7.78. The quantitative estimate of drug-likeness (QED) is 0.118. The van der Waals surface area contributed by atoms with Crippen LogP contribution in [-0.4, -0.2) is 28.2 Å². The van der Waals surface area contributed by atoms with Gasteiger partial charge in [-0.3, -0.25) is 4.57 Å². The number of fused-ring (bicyclic) bond motifs is 7. The normalized spacial score (nSPS) is 13.4. The third-order valence-electron chi connectivity index (χ3n) is 14.1. The van der Waals surface area contributed by atoms with Crippen LogP contribution in [0.15, 0.2) is 164 Å². The highest BCUT2D eigenvalue weighted by Crippen LogP contribution is 2.42. The molecule has 4 heterocycles. The summed E-state index contributed by atoms with van der Waals surface area (Å²) >= 11 is 0. The van der Waals surface area contributed by atoms with E-state index in [1.165, 1.54) is 49.4 Å². The largest absolute Gasteiger partial charge is 0.503 e. The Morgan fingerprint density at radius 3 is 1.74 bits per heavy atom. The molecule has 0 spiro atoms. The monoisotopic (exact) mass is 933 g/mol. The first-order valence-corrected chi connectivity index (χ1v) is 28.2. The van der Waals surface area contributed by atoms with Gasteiger partial charge in [-0.2, -0.15) is 0 Å². The number of aromatic nitrogens is 3. The maximum Gasteiger partial charge on any atom is 0.503 e. The fourth-order valence-electron chi connectivity index (χ4n) is 10.2. The molecule has 0 atom stereocenters. The van der Waals surface area contributed by atoms with Crippen molar-refractivity contribution >= 4 is 85.6 Å². The Bertz CT molecular complexity index is 3750. The fourth-order valence-corrected chi connectivity index (χ4v) is 11.8. The predicted molar refractivity (Wildman–Crippen MR) is 299 cm³/mol. The number of para-hydroxylation sites is 3. The van der Waals surface area contributed by atoms with E-state index in [4.69, 9.17) is 9.72 Å². The van der Waals surface area contributed by atoms with E-state index in [1.54, 1.807) is 0 Å². The fraction of sp³-hybridized carbons (Fsp3) is 0.238. The Hall–Kier alpha value is -7.31. The Balaban J connectivity index is 1.05. The molecular weight excluding hydrogens is 871 g/mol. The summed E-state index contributed by atoms with van der Waals surface area (Å²) in [5, 5.41) is 6.17. The van der Waals surface area contributed by atoms with E-state index in [9.17, 15) is 0 Å². The van der Waals surface area contributed by atoms with E-state index in [1.807, 2.05) is 12.3 Å². The van der Waals surface area contributed by atoms with Crippen molar-refractivity contribution in [3.05, 3.63) is 181 Å². The van der Waals surface area contributed by atoms with Crippen LogP contribution in [0.25, 0.3) is 55.1 Å². The molecule has 6 nitrogen and oxygen atoms in total. The van der Waals surface area contributed by atoms with Crippen LogP contribution in [0.2, 0.25) is 19.6 Å². The van der Waals surface area contributed by atoms with Crippen LogP contribution in [0.4, 0.5) is 22.7 Å². The molecule has 0 saturated heterocycles. The molecule has 3 aromatic heterocycles. The van der Waals surface area contributed by atoms with Crippen molar-refractivity contribution in [2.75, 3.05) is 0 Å². The van der Waals surface area contributed by atoms with Crippen LogP contribution in [-0.2, 0) is 16.2 Å². The van der Waals surface area contributed by atoms with Crippen molar-refractivity contribution in [2.24, 2.45) is 0 Å². The summed E-state index contributed by atoms with van der Waals surface area (Å²) < 4.78 is 16.1. The first kappa shape index (κ1) is 45.1. The Morgan fingerprint density at radius 2 is 1.09 bits per heavy atom. The van der Waals surface area contributed by atoms with Crippen molar-refractivity contribution < 1.29 is 4.74 Å². The summed E-state index contributed by atoms with van der Waals surface area (Å²) in [5.41, 5.74) is 13.8. The van der Waals surface area contributed by atoms with Crippen molar-refractivity contribution in [1.29, 1.82) is 0 Å². The van der Waals surface area contributed by atoms with Gasteiger partial charge in [0.1, 0.15) is 17.3 Å². The molecule has 0 unspecified atom stereocenters. The minimum absolute atomic E-state index is 0.0248. The van der Waals surface area contributed by atoms with E-state index in [0.29, 0.717) is 0 Å². The second-order valence-electron chi connectivity index (χ2n) is 23.3. The smallest absolute Gasteiger partial charge is 0.457 e. The van der Waals surface area contributed by atoms with Gasteiger partial charge in [0.25, 0.3) is 11.4 Å². The van der Waals surface area contributed by atoms with Crippen LogP contribution in [0.1, 0.15) is 79.0 Å². The standard InChI is InChI=1S/C63H63N5OSi/c1-61(2,3)41-31-32-64-59(36-41)68-55-30-27-45(67-53-23-15-13-21-49(53)50-22-14-16-24-54(50)67)38-52(55)51-29-28-48(39-57(51)68)69-47-20-17-19-44(37-47)65-40-66(60-56(65)25-18-26-58(60)70(10,11)12)46-34-42(62(4,5)6)33-43(35-46)63(7,8)9/h13-39H,1-12H3/q+2. The molecule has 0 N–H and O–H groups in total. The van der Waals surface area contributed by atoms with Gasteiger partial charge < -0.3 is 9.30 Å². The second kappa shape index (κ2) is 16.1. The molecule has 70 heavy (non-hydrogen) atoms. The molecule has 7 heteroatoms. The minimum atomic E-state index is -1.82. The number of hydrogen-bond donors (Lipinski definition) is 0. The van der Waals surface area contributed by atoms with Crippen LogP contribution < -0.4 is 19.1 Å². The zero-order chi connectivity index (χ0) is 49.1. The molecule has 1 aliphatic heterocycles. The van der Waals surface area contributed by atoms with Gasteiger partial charge in [-0.25, -0.2) is 4.98 Å². The number of hydrogen-bond acceptors (Lipinski definition) is 2. The molecule has 348 valence electrons. The lowest BCUT2D eigenvalue weighted by molar-refractivity contribution is 0.483. The SMILES string of the molecule is CC(C)(C)c1cc([N+]2=C=[N+](c3cccc(Oc4ccc5c6cc(-n7c8ccccc8c8ccccc87)ccc6n(-c6cc(C(C)(C)C)ccn6)c5c4)c3)c3cccc([Si](C)(C)C)c32)cc(C(C)(C)C)c1. The summed E-state index contributed by atoms with van der Waals surface area (Å²) in [6, 6.07) is 61.3. The molecule has 0 amide bonds. The lowest BCUT2D eigenvalue weighted by Gasteiger charge is -2.25. The number of pyridine rings is 1. The van der Waals surface area contributed by atoms with Gasteiger partial charge in [0.05, 0.1) is 36.2 Å². The number of rotatable bonds is 7. The number of ether oxygens (including phenoxy) is 1. The molecule has 1 aliphatic rings. The van der Waals surface area contributed by atoms with Crippen molar-refractivity contribution in [2.45, 2.75) is 98.2 Å². The zero-order valence-electron chi connectivity index (χ0n) is 42.7. The lowest BCUT2D eigenvalue weighted by Crippen LogP contribution is -2.39. The summed E-state index contributed by atoms with van der Waals surface area (Å²) in [5.74, 6) is 2.36. The van der Waals surface area contributed by atoms with Gasteiger partial charge in [0, 0.05) is 68.9 Å². The van der Waals surface area contributed by atoms with E-state index in [-0.39, 0.29) is 16.2 Å². The molecule has 11 rings (SSSR count). The lowest BCUT2D eigenvalue weighted by atomic mass is 9.80. The van der Waals surface area contributed by atoms with E-state index in [2.05, 4.69) is 258 Å². The van der Waals surface area contributed by atoms with E-state index < -0.39 is 8.07 Å². The van der Waals surface area contributed by atoms with Crippen LogP contribution in [0.5, 0.6) is 11.5 Å². The highest BCUT2D eigenvalue weighted by molar-refractivity contribution is 6.89. The van der Waals surface area contributed by atoms with E-state index in [0.717, 1.165) is 61.9 Å². The molecule has 10 aromatic rings. The van der Waals surface area contributed by atoms with Gasteiger partial charge >= 0.3 is 6.01 Å². The van der Waals surface area contributed by atoms with Crippen molar-refractivity contribution in [1.82, 2.24) is 23.3 Å². The Morgan fingerprint density at radius 1 is 0.471 bits per heavy atom. The van der Waals surface area contributed by atoms with Gasteiger partial charge in [-0.1, -0.05) is 143 Å². The first-order chi connectivity index (χ1) is 33.2. The first-order valence-electron chi connectivity index (χ1n) is 24.7. The number of nitrogens with zero attached hydrogens (tertiary/aromatic N) is 5. The maximum atomic E-state index is 6.92. The average Bonchev–Trinajstić information content (AvgIpc) is 3.98. The Labute approximate surface area is 413 Å². The van der Waals surface area contributed by atoms with Crippen LogP contribution in [0.3, 0.4) is 0 Å². The maximum absolute atomic E-state index is 6.92. The highest BCUT2D eigenvalue weighted by Gasteiger charge is 2.43. The van der Waals surface area contributed by atoms with Crippen LogP contribution in [0, 0.1) is 0 Å². The number of benzene rings is 7. The summed E-state index contributed by atoms with van der Waals surface area (Å²) in [7, 11) is -1.82. The van der Waals surface area contributed by atoms with Crippen LogP contribution >= 0.6 is 0 Å². The van der Waals surface area contributed by atoms with Gasteiger partial charge in [0.2, 0.25) is 11.4 Å². The summed E-state index contributed by atoms with van der Waals surface area (Å²) in [4.78, 5) is 5.02. The van der Waals surface area contributed by atoms with Crippen molar-refractivity contribution in [3.63, 3.8) is 0 Å². The highest BCUT2D eigenvalue weighted by atomic mass is 28.3. The minimum Gasteiger partial charge on any atom is -0.457 e.